The fourth-order valence-electron chi connectivity index (χ4n) is 13.5. The minimum atomic E-state index is 0.877. The summed E-state index contributed by atoms with van der Waals surface area (Å²) in [6.07, 6.45) is 28.3. The van der Waals surface area contributed by atoms with Gasteiger partial charge >= 0.3 is 0 Å². The summed E-state index contributed by atoms with van der Waals surface area (Å²) in [4.78, 5) is 0. The van der Waals surface area contributed by atoms with Crippen molar-refractivity contribution >= 4 is 0 Å². The zero-order chi connectivity index (χ0) is 24.3. The Balaban J connectivity index is 1.25. The molecule has 12 atom stereocenters. The zero-order valence-corrected chi connectivity index (χ0v) is 23.6. The Morgan fingerprint density at radius 2 is 0.946 bits per heavy atom. The van der Waals surface area contributed by atoms with E-state index in [1.165, 1.54) is 19.3 Å². The first-order valence-corrected chi connectivity index (χ1v) is 17.4. The molecule has 7 fully saturated rings. The standard InChI is InChI=1S/C37H54/c1-3-11-25(12-4-1)35-31-21-27-15-7-8-16-28(27)22-32(31)36(26-13-5-2-6-14-26)37-30-20-10-18-24-17-9-19-29(34(24)30)23-33(35)37/h1,3-4,11-12,24,26-37H,2,5-10,13-23H2. The summed E-state index contributed by atoms with van der Waals surface area (Å²) in [6.45, 7) is 0. The second kappa shape index (κ2) is 10.0. The highest BCUT2D eigenvalue weighted by Crippen LogP contribution is 2.69. The zero-order valence-electron chi connectivity index (χ0n) is 23.6. The number of hydrogen-bond donors (Lipinski definition) is 0. The van der Waals surface area contributed by atoms with Gasteiger partial charge in [-0.1, -0.05) is 120 Å². The van der Waals surface area contributed by atoms with Gasteiger partial charge in [0.15, 0.2) is 0 Å². The van der Waals surface area contributed by atoms with E-state index in [4.69, 9.17) is 0 Å². The van der Waals surface area contributed by atoms with Gasteiger partial charge in [-0.2, -0.15) is 0 Å². The molecule has 0 bridgehead atoms. The predicted molar refractivity (Wildman–Crippen MR) is 154 cm³/mol. The first kappa shape index (κ1) is 24.1. The van der Waals surface area contributed by atoms with Crippen molar-refractivity contribution in [2.24, 2.45) is 71.0 Å². The van der Waals surface area contributed by atoms with Crippen LogP contribution in [0.3, 0.4) is 0 Å². The molecule has 0 heteroatoms. The maximum atomic E-state index is 2.59. The van der Waals surface area contributed by atoms with Gasteiger partial charge in [-0.25, -0.2) is 0 Å². The molecule has 202 valence electrons. The molecule has 0 aromatic heterocycles. The van der Waals surface area contributed by atoms with Gasteiger partial charge in [0.1, 0.15) is 0 Å². The van der Waals surface area contributed by atoms with Gasteiger partial charge in [-0.3, -0.25) is 0 Å². The Labute approximate surface area is 228 Å². The fourth-order valence-corrected chi connectivity index (χ4v) is 13.5. The van der Waals surface area contributed by atoms with Crippen LogP contribution in [0.4, 0.5) is 0 Å². The summed E-state index contributed by atoms with van der Waals surface area (Å²) in [5, 5.41) is 0. The predicted octanol–water partition coefficient (Wildman–Crippen LogP) is 10.3. The van der Waals surface area contributed by atoms with Crippen LogP contribution >= 0.6 is 0 Å². The van der Waals surface area contributed by atoms with Crippen LogP contribution in [-0.4, -0.2) is 0 Å². The Morgan fingerprint density at radius 1 is 0.378 bits per heavy atom. The molecule has 7 aliphatic carbocycles. The van der Waals surface area contributed by atoms with E-state index in [9.17, 15) is 0 Å². The number of rotatable bonds is 2. The molecule has 1 aromatic rings. The first-order chi connectivity index (χ1) is 18.4. The molecule has 7 saturated carbocycles. The van der Waals surface area contributed by atoms with Gasteiger partial charge in [0.2, 0.25) is 0 Å². The van der Waals surface area contributed by atoms with Gasteiger partial charge in [-0.15, -0.1) is 0 Å². The molecule has 37 heavy (non-hydrogen) atoms. The summed E-state index contributed by atoms with van der Waals surface area (Å²) in [5.41, 5.74) is 1.77. The molecule has 0 aliphatic heterocycles. The quantitative estimate of drug-likeness (QED) is 0.380. The first-order valence-electron chi connectivity index (χ1n) is 17.4. The van der Waals surface area contributed by atoms with Crippen LogP contribution < -0.4 is 0 Å². The molecule has 0 amide bonds. The van der Waals surface area contributed by atoms with Crippen molar-refractivity contribution in [2.75, 3.05) is 0 Å². The average molecular weight is 499 g/mol. The third-order valence-electron chi connectivity index (χ3n) is 14.4. The van der Waals surface area contributed by atoms with Crippen LogP contribution in [0.15, 0.2) is 30.3 Å². The Morgan fingerprint density at radius 3 is 1.73 bits per heavy atom. The molecule has 0 radical (unpaired) electrons. The highest BCUT2D eigenvalue weighted by molar-refractivity contribution is 5.26. The maximum Gasteiger partial charge on any atom is -0.00995 e. The topological polar surface area (TPSA) is 0 Å². The van der Waals surface area contributed by atoms with Crippen LogP contribution in [0, 0.1) is 71.0 Å². The van der Waals surface area contributed by atoms with E-state index in [1.807, 2.05) is 0 Å². The van der Waals surface area contributed by atoms with Crippen LogP contribution in [0.25, 0.3) is 0 Å². The summed E-state index contributed by atoms with van der Waals surface area (Å²) in [7, 11) is 0. The van der Waals surface area contributed by atoms with E-state index in [0.717, 1.165) is 76.9 Å². The molecular formula is C37H54. The number of hydrogen-bond acceptors (Lipinski definition) is 0. The number of benzene rings is 1. The van der Waals surface area contributed by atoms with E-state index in [1.54, 1.807) is 102 Å². The van der Waals surface area contributed by atoms with Crippen molar-refractivity contribution < 1.29 is 0 Å². The molecule has 1 aromatic carbocycles. The normalized spacial score (nSPS) is 49.7. The summed E-state index contributed by atoms with van der Waals surface area (Å²) in [5.74, 6) is 13.7. The minimum Gasteiger partial charge on any atom is -0.0622 e. The lowest BCUT2D eigenvalue weighted by atomic mass is 9.39. The molecule has 8 rings (SSSR count). The minimum absolute atomic E-state index is 0.877. The van der Waals surface area contributed by atoms with Crippen LogP contribution in [0.2, 0.25) is 0 Å². The third kappa shape index (κ3) is 4.03. The van der Waals surface area contributed by atoms with E-state index >= 15 is 0 Å². The molecule has 7 aliphatic rings. The summed E-state index contributed by atoms with van der Waals surface area (Å²) >= 11 is 0. The second-order valence-corrected chi connectivity index (χ2v) is 15.6. The third-order valence-corrected chi connectivity index (χ3v) is 14.4. The highest BCUT2D eigenvalue weighted by Gasteiger charge is 2.61. The van der Waals surface area contributed by atoms with Gasteiger partial charge in [0.25, 0.3) is 0 Å². The van der Waals surface area contributed by atoms with Gasteiger partial charge in [0.05, 0.1) is 0 Å². The molecule has 12 unspecified atom stereocenters. The maximum absolute atomic E-state index is 2.59. The molecule has 0 spiro atoms. The van der Waals surface area contributed by atoms with Gasteiger partial charge in [-0.05, 0) is 108 Å². The van der Waals surface area contributed by atoms with Gasteiger partial charge < -0.3 is 0 Å². The SMILES string of the molecule is c1ccc(C2C3CC4CCCCC4CC3C(C3CCCCC3)C3C2CC2CCCC4CCCC3C42)cc1. The lowest BCUT2D eigenvalue weighted by Gasteiger charge is -2.66. The highest BCUT2D eigenvalue weighted by atomic mass is 14.7. The van der Waals surface area contributed by atoms with Crippen molar-refractivity contribution in [2.45, 2.75) is 121 Å². The Hall–Kier alpha value is -0.780. The molecule has 0 heterocycles. The molecule has 0 nitrogen and oxygen atoms in total. The van der Waals surface area contributed by atoms with E-state index < -0.39 is 0 Å². The second-order valence-electron chi connectivity index (χ2n) is 15.6. The Bertz CT molecular complexity index is 909. The average Bonchev–Trinajstić information content (AvgIpc) is 2.96. The van der Waals surface area contributed by atoms with Crippen LogP contribution in [0.1, 0.15) is 127 Å². The smallest absolute Gasteiger partial charge is 0.00995 e. The molecule has 0 saturated heterocycles. The lowest BCUT2D eigenvalue weighted by Crippen LogP contribution is -2.59. The van der Waals surface area contributed by atoms with Crippen LogP contribution in [-0.2, 0) is 0 Å². The Kier molecular flexibility index (Phi) is 6.50. The van der Waals surface area contributed by atoms with E-state index in [0.29, 0.717) is 0 Å². The van der Waals surface area contributed by atoms with Gasteiger partial charge in [0, 0.05) is 0 Å². The molecule has 0 N–H and O–H groups in total. The van der Waals surface area contributed by atoms with Crippen molar-refractivity contribution in [1.29, 1.82) is 0 Å². The largest absolute Gasteiger partial charge is 0.0622 e. The van der Waals surface area contributed by atoms with Crippen molar-refractivity contribution in [3.63, 3.8) is 0 Å². The van der Waals surface area contributed by atoms with Crippen molar-refractivity contribution in [1.82, 2.24) is 0 Å². The number of fused-ring (bicyclic) bond motifs is 4. The fraction of sp³-hybridized carbons (Fsp3) is 0.838. The summed E-state index contributed by atoms with van der Waals surface area (Å²) in [6, 6.07) is 12.2. The van der Waals surface area contributed by atoms with Crippen molar-refractivity contribution in [3.8, 4) is 0 Å². The van der Waals surface area contributed by atoms with E-state index in [-0.39, 0.29) is 0 Å². The summed E-state index contributed by atoms with van der Waals surface area (Å²) < 4.78 is 0. The monoisotopic (exact) mass is 498 g/mol. The van der Waals surface area contributed by atoms with Crippen molar-refractivity contribution in [3.05, 3.63) is 35.9 Å². The lowest BCUT2D eigenvalue weighted by molar-refractivity contribution is -0.158. The van der Waals surface area contributed by atoms with E-state index in [2.05, 4.69) is 30.3 Å². The van der Waals surface area contributed by atoms with Crippen LogP contribution in [0.5, 0.6) is 0 Å². The molecular weight excluding hydrogens is 444 g/mol.